The van der Waals surface area contributed by atoms with E-state index in [0.717, 1.165) is 42.1 Å². The topological polar surface area (TPSA) is 90.5 Å². The number of hydrogen-bond donors (Lipinski definition) is 3. The molecule has 0 fully saturated rings. The second-order valence-electron chi connectivity index (χ2n) is 7.78. The number of nitrogens with zero attached hydrogens (tertiary/aromatic N) is 2. The number of imidazole rings is 1. The molecule has 3 N–H and O–H groups in total. The minimum atomic E-state index is -0.585. The Hall–Kier alpha value is -2.90. The van der Waals surface area contributed by atoms with Gasteiger partial charge >= 0.3 is 0 Å². The first-order valence-corrected chi connectivity index (χ1v) is 10.4. The summed E-state index contributed by atoms with van der Waals surface area (Å²) in [7, 11) is 1.62. The van der Waals surface area contributed by atoms with Gasteiger partial charge in [0.2, 0.25) is 5.91 Å². The van der Waals surface area contributed by atoms with E-state index >= 15 is 0 Å². The van der Waals surface area contributed by atoms with Crippen molar-refractivity contribution < 1.29 is 14.6 Å². The van der Waals surface area contributed by atoms with E-state index in [-0.39, 0.29) is 12.5 Å². The summed E-state index contributed by atoms with van der Waals surface area (Å²) >= 11 is 0. The molecule has 3 aromatic rings. The van der Waals surface area contributed by atoms with Crippen molar-refractivity contribution >= 4 is 16.9 Å². The number of hydrogen-bond acceptors (Lipinski definition) is 5. The number of ether oxygens (including phenoxy) is 1. The number of aliphatic hydroxyl groups excluding tert-OH is 1. The van der Waals surface area contributed by atoms with Crippen molar-refractivity contribution in [2.24, 2.45) is 0 Å². The maximum absolute atomic E-state index is 12.2. The molecule has 158 valence electrons. The van der Waals surface area contributed by atoms with Gasteiger partial charge in [-0.25, -0.2) is 4.98 Å². The Morgan fingerprint density at radius 2 is 2.13 bits per heavy atom. The number of amides is 1. The van der Waals surface area contributed by atoms with Crippen LogP contribution in [0.1, 0.15) is 23.4 Å². The quantitative estimate of drug-likeness (QED) is 0.531. The maximum Gasteiger partial charge on any atom is 0.220 e. The average molecular weight is 409 g/mol. The summed E-state index contributed by atoms with van der Waals surface area (Å²) < 4.78 is 5.21. The summed E-state index contributed by atoms with van der Waals surface area (Å²) in [5, 5.41) is 13.2. The molecule has 1 aromatic heterocycles. The number of nitrogens with one attached hydrogen (secondary N) is 2. The molecule has 2 aromatic carbocycles. The number of β-amino-alcohol motifs (C(OH)–C–C–N with tert-alkyl or cyclic N) is 1. The minimum absolute atomic E-state index is 0.0870. The highest BCUT2D eigenvalue weighted by molar-refractivity contribution is 5.78. The normalized spacial score (nSPS) is 15.0. The molecule has 7 heteroatoms. The molecule has 0 saturated carbocycles. The van der Waals surface area contributed by atoms with Crippen LogP contribution in [0.15, 0.2) is 42.5 Å². The third-order valence-electron chi connectivity index (χ3n) is 5.54. The molecule has 0 spiro atoms. The van der Waals surface area contributed by atoms with Crippen molar-refractivity contribution in [3.63, 3.8) is 0 Å². The third-order valence-corrected chi connectivity index (χ3v) is 5.54. The summed E-state index contributed by atoms with van der Waals surface area (Å²) in [5.41, 5.74) is 4.46. The Morgan fingerprint density at radius 3 is 2.97 bits per heavy atom. The van der Waals surface area contributed by atoms with Crippen molar-refractivity contribution in [1.29, 1.82) is 0 Å². The number of H-pyrrole nitrogens is 1. The predicted octanol–water partition coefficient (Wildman–Crippen LogP) is 2.04. The van der Waals surface area contributed by atoms with E-state index < -0.39 is 6.10 Å². The summed E-state index contributed by atoms with van der Waals surface area (Å²) in [4.78, 5) is 22.2. The Balaban J connectivity index is 1.20. The van der Waals surface area contributed by atoms with Crippen molar-refractivity contribution in [3.05, 3.63) is 59.4 Å². The predicted molar refractivity (Wildman–Crippen MR) is 115 cm³/mol. The zero-order valence-corrected chi connectivity index (χ0v) is 17.2. The standard InChI is InChI=1S/C23H28N4O3/c1-30-19-6-7-20-21(12-19)26-22(25-20)8-9-23(29)24-13-18(28)15-27-11-10-16-4-2-3-5-17(16)14-27/h2-7,12,18,28H,8-11,13-15H2,1H3,(H,24,29)(H,25,26). The van der Waals surface area contributed by atoms with Crippen LogP contribution in [0.3, 0.4) is 0 Å². The third kappa shape index (κ3) is 4.98. The number of rotatable bonds is 8. The SMILES string of the molecule is COc1ccc2[nH]c(CCC(=O)NCC(O)CN3CCc4ccccc4C3)nc2c1. The van der Waals surface area contributed by atoms with E-state index in [9.17, 15) is 9.90 Å². The number of benzene rings is 2. The number of carbonyl (C=O) groups is 1. The lowest BCUT2D eigenvalue weighted by Crippen LogP contribution is -2.42. The van der Waals surface area contributed by atoms with E-state index in [2.05, 4.69) is 44.5 Å². The van der Waals surface area contributed by atoms with Gasteiger partial charge in [-0.2, -0.15) is 0 Å². The number of aryl methyl sites for hydroxylation is 1. The van der Waals surface area contributed by atoms with Gasteiger partial charge < -0.3 is 20.1 Å². The van der Waals surface area contributed by atoms with E-state index in [4.69, 9.17) is 4.74 Å². The minimum Gasteiger partial charge on any atom is -0.497 e. The molecular weight excluding hydrogens is 380 g/mol. The van der Waals surface area contributed by atoms with Crippen LogP contribution in [-0.4, -0.2) is 58.7 Å². The molecule has 0 radical (unpaired) electrons. The van der Waals surface area contributed by atoms with Crippen molar-refractivity contribution in [2.75, 3.05) is 26.7 Å². The van der Waals surface area contributed by atoms with Crippen LogP contribution in [0.5, 0.6) is 5.75 Å². The lowest BCUT2D eigenvalue weighted by Gasteiger charge is -2.30. The Morgan fingerprint density at radius 1 is 1.30 bits per heavy atom. The van der Waals surface area contributed by atoms with Gasteiger partial charge in [-0.1, -0.05) is 24.3 Å². The van der Waals surface area contributed by atoms with Crippen LogP contribution in [0.4, 0.5) is 0 Å². The summed E-state index contributed by atoms with van der Waals surface area (Å²) in [6.07, 6.45) is 1.25. The number of fused-ring (bicyclic) bond motifs is 2. The second kappa shape index (κ2) is 9.28. The number of methoxy groups -OCH3 is 1. The van der Waals surface area contributed by atoms with Gasteiger partial charge in [0.15, 0.2) is 0 Å². The van der Waals surface area contributed by atoms with Crippen LogP contribution in [0.2, 0.25) is 0 Å². The zero-order chi connectivity index (χ0) is 20.9. The molecule has 0 saturated heterocycles. The maximum atomic E-state index is 12.2. The van der Waals surface area contributed by atoms with Crippen LogP contribution >= 0.6 is 0 Å². The number of aromatic amines is 1. The highest BCUT2D eigenvalue weighted by Crippen LogP contribution is 2.20. The molecule has 0 aliphatic carbocycles. The van der Waals surface area contributed by atoms with Gasteiger partial charge in [0.1, 0.15) is 11.6 Å². The highest BCUT2D eigenvalue weighted by Gasteiger charge is 2.18. The van der Waals surface area contributed by atoms with Gasteiger partial charge in [0.05, 0.1) is 24.2 Å². The van der Waals surface area contributed by atoms with Gasteiger partial charge in [-0.3, -0.25) is 9.69 Å². The van der Waals surface area contributed by atoms with Crippen LogP contribution in [-0.2, 0) is 24.2 Å². The average Bonchev–Trinajstić information content (AvgIpc) is 3.18. The fraction of sp³-hybridized carbons (Fsp3) is 0.391. The smallest absolute Gasteiger partial charge is 0.220 e. The zero-order valence-electron chi connectivity index (χ0n) is 17.2. The summed E-state index contributed by atoms with van der Waals surface area (Å²) in [6, 6.07) is 14.1. The van der Waals surface area contributed by atoms with Crippen molar-refractivity contribution in [3.8, 4) is 5.75 Å². The molecule has 1 aliphatic heterocycles. The van der Waals surface area contributed by atoms with Crippen LogP contribution in [0, 0.1) is 0 Å². The molecule has 30 heavy (non-hydrogen) atoms. The molecule has 0 bridgehead atoms. The number of carbonyl (C=O) groups excluding carboxylic acids is 1. The summed E-state index contributed by atoms with van der Waals surface area (Å²) in [6.45, 7) is 2.59. The molecule has 2 heterocycles. The van der Waals surface area contributed by atoms with Gasteiger partial charge in [0, 0.05) is 45.1 Å². The van der Waals surface area contributed by atoms with E-state index in [1.165, 1.54) is 11.1 Å². The van der Waals surface area contributed by atoms with E-state index in [0.29, 0.717) is 19.4 Å². The monoisotopic (exact) mass is 408 g/mol. The molecule has 1 aliphatic rings. The number of aromatic nitrogens is 2. The molecule has 1 amide bonds. The first-order chi connectivity index (χ1) is 14.6. The lowest BCUT2D eigenvalue weighted by molar-refractivity contribution is -0.121. The van der Waals surface area contributed by atoms with E-state index in [1.807, 2.05) is 18.2 Å². The first-order valence-electron chi connectivity index (χ1n) is 10.4. The van der Waals surface area contributed by atoms with Crippen molar-refractivity contribution in [1.82, 2.24) is 20.2 Å². The Kier molecular flexibility index (Phi) is 6.30. The van der Waals surface area contributed by atoms with Crippen LogP contribution in [0.25, 0.3) is 11.0 Å². The molecule has 1 unspecified atom stereocenters. The summed E-state index contributed by atoms with van der Waals surface area (Å²) in [5.74, 6) is 1.43. The fourth-order valence-corrected chi connectivity index (χ4v) is 3.91. The highest BCUT2D eigenvalue weighted by atomic mass is 16.5. The van der Waals surface area contributed by atoms with E-state index in [1.54, 1.807) is 7.11 Å². The van der Waals surface area contributed by atoms with Gasteiger partial charge in [-0.05, 0) is 29.7 Å². The largest absolute Gasteiger partial charge is 0.497 e. The van der Waals surface area contributed by atoms with Crippen LogP contribution < -0.4 is 10.1 Å². The number of aliphatic hydroxyl groups is 1. The first kappa shape index (κ1) is 20.4. The second-order valence-corrected chi connectivity index (χ2v) is 7.78. The molecule has 7 nitrogen and oxygen atoms in total. The lowest BCUT2D eigenvalue weighted by atomic mass is 10.00. The fourth-order valence-electron chi connectivity index (χ4n) is 3.91. The molecule has 1 atom stereocenters. The van der Waals surface area contributed by atoms with Crippen molar-refractivity contribution in [2.45, 2.75) is 31.9 Å². The Labute approximate surface area is 176 Å². The van der Waals surface area contributed by atoms with Gasteiger partial charge in [0.25, 0.3) is 0 Å². The van der Waals surface area contributed by atoms with Gasteiger partial charge in [-0.15, -0.1) is 0 Å². The Bertz CT molecular complexity index is 1020. The molecular formula is C23H28N4O3. The molecule has 4 rings (SSSR count).